The first-order valence-electron chi connectivity index (χ1n) is 3.32. The highest BCUT2D eigenvalue weighted by Gasteiger charge is 2.19. The summed E-state index contributed by atoms with van der Waals surface area (Å²) in [6.07, 6.45) is 1.81. The minimum absolute atomic E-state index is 0.208. The maximum Gasteiger partial charge on any atom is 0.251 e. The van der Waals surface area contributed by atoms with Gasteiger partial charge < -0.3 is 4.85 Å². The largest absolute Gasteiger partial charge is 0.309 e. The summed E-state index contributed by atoms with van der Waals surface area (Å²) in [5.41, 5.74) is -0.208. The van der Waals surface area contributed by atoms with E-state index in [1.165, 1.54) is 6.92 Å². The van der Waals surface area contributed by atoms with Crippen molar-refractivity contribution in [1.29, 1.82) is 0 Å². The second kappa shape index (κ2) is 3.26. The third kappa shape index (κ3) is 1.40. The lowest BCUT2D eigenvalue weighted by Crippen LogP contribution is -1.98. The van der Waals surface area contributed by atoms with Crippen molar-refractivity contribution in [2.45, 2.75) is 13.0 Å². The van der Waals surface area contributed by atoms with E-state index in [0.717, 1.165) is 12.4 Å². The molecule has 0 aliphatic carbocycles. The first-order chi connectivity index (χ1) is 5.66. The van der Waals surface area contributed by atoms with E-state index in [0.29, 0.717) is 0 Å². The molecule has 1 heterocycles. The van der Waals surface area contributed by atoms with Crippen molar-refractivity contribution in [2.75, 3.05) is 0 Å². The van der Waals surface area contributed by atoms with E-state index in [-0.39, 0.29) is 5.56 Å². The fourth-order valence-corrected chi connectivity index (χ4v) is 0.885. The fourth-order valence-electron chi connectivity index (χ4n) is 0.885. The van der Waals surface area contributed by atoms with Crippen molar-refractivity contribution in [3.63, 3.8) is 0 Å². The van der Waals surface area contributed by atoms with E-state index in [1.54, 1.807) is 0 Å². The van der Waals surface area contributed by atoms with Gasteiger partial charge in [-0.3, -0.25) is 4.98 Å². The average Bonchev–Trinajstić information content (AvgIpc) is 2.03. The van der Waals surface area contributed by atoms with Gasteiger partial charge in [0.15, 0.2) is 11.6 Å². The molecule has 0 saturated heterocycles. The van der Waals surface area contributed by atoms with Crippen LogP contribution in [0, 0.1) is 18.2 Å². The molecule has 2 nitrogen and oxygen atoms in total. The molecular formula is C8H6F2N2. The maximum atomic E-state index is 12.8. The highest BCUT2D eigenvalue weighted by molar-refractivity contribution is 5.21. The molecule has 1 rings (SSSR count). The Morgan fingerprint density at radius 1 is 1.42 bits per heavy atom. The summed E-state index contributed by atoms with van der Waals surface area (Å²) in [6.45, 7) is 8.05. The molecule has 1 aromatic heterocycles. The second-order valence-electron chi connectivity index (χ2n) is 2.32. The van der Waals surface area contributed by atoms with Gasteiger partial charge in [0.25, 0.3) is 6.04 Å². The molecule has 0 bridgehead atoms. The first-order valence-corrected chi connectivity index (χ1v) is 3.32. The molecule has 4 heteroatoms. The molecule has 0 radical (unpaired) electrons. The SMILES string of the molecule is [C-]#[N+]C(C)c1c(F)cncc1F. The van der Waals surface area contributed by atoms with Crippen LogP contribution in [0.4, 0.5) is 8.78 Å². The molecule has 1 unspecified atom stereocenters. The van der Waals surface area contributed by atoms with E-state index in [9.17, 15) is 8.78 Å². The van der Waals surface area contributed by atoms with Gasteiger partial charge in [0, 0.05) is 6.92 Å². The molecule has 0 amide bonds. The highest BCUT2D eigenvalue weighted by Crippen LogP contribution is 2.21. The van der Waals surface area contributed by atoms with Crippen LogP contribution >= 0.6 is 0 Å². The topological polar surface area (TPSA) is 17.2 Å². The normalized spacial score (nSPS) is 12.2. The lowest BCUT2D eigenvalue weighted by molar-refractivity contribution is 0.539. The van der Waals surface area contributed by atoms with Crippen molar-refractivity contribution in [3.05, 3.63) is 41.0 Å². The smallest absolute Gasteiger partial charge is 0.251 e. The molecule has 0 saturated carbocycles. The lowest BCUT2D eigenvalue weighted by atomic mass is 10.1. The summed E-state index contributed by atoms with van der Waals surface area (Å²) in [4.78, 5) is 6.33. The van der Waals surface area contributed by atoms with Crippen molar-refractivity contribution in [3.8, 4) is 0 Å². The summed E-state index contributed by atoms with van der Waals surface area (Å²) in [6, 6.07) is -0.798. The number of pyridine rings is 1. The summed E-state index contributed by atoms with van der Waals surface area (Å²) in [5.74, 6) is -1.53. The van der Waals surface area contributed by atoms with Crippen LogP contribution in [0.5, 0.6) is 0 Å². The molecule has 12 heavy (non-hydrogen) atoms. The zero-order chi connectivity index (χ0) is 9.14. The molecule has 0 spiro atoms. The molecule has 1 atom stereocenters. The Hall–Kier alpha value is -1.50. The second-order valence-corrected chi connectivity index (χ2v) is 2.32. The molecule has 0 aromatic carbocycles. The van der Waals surface area contributed by atoms with Gasteiger partial charge in [-0.25, -0.2) is 15.4 Å². The lowest BCUT2D eigenvalue weighted by Gasteiger charge is -2.01. The Bertz CT molecular complexity index is 310. The Morgan fingerprint density at radius 2 is 1.92 bits per heavy atom. The highest BCUT2D eigenvalue weighted by atomic mass is 19.1. The average molecular weight is 168 g/mol. The first kappa shape index (κ1) is 8.60. The zero-order valence-electron chi connectivity index (χ0n) is 6.38. The van der Waals surface area contributed by atoms with Gasteiger partial charge in [0.2, 0.25) is 0 Å². The van der Waals surface area contributed by atoms with Crippen molar-refractivity contribution in [1.82, 2.24) is 4.98 Å². The number of rotatable bonds is 1. The van der Waals surface area contributed by atoms with Gasteiger partial charge >= 0.3 is 0 Å². The minimum atomic E-state index is -0.798. The Balaban J connectivity index is 3.23. The van der Waals surface area contributed by atoms with Crippen LogP contribution in [0.15, 0.2) is 12.4 Å². The summed E-state index contributed by atoms with van der Waals surface area (Å²) in [5, 5.41) is 0. The monoisotopic (exact) mass is 168 g/mol. The van der Waals surface area contributed by atoms with E-state index >= 15 is 0 Å². The third-order valence-electron chi connectivity index (χ3n) is 1.50. The molecule has 1 aromatic rings. The minimum Gasteiger partial charge on any atom is -0.309 e. The van der Waals surface area contributed by atoms with E-state index < -0.39 is 17.7 Å². The van der Waals surface area contributed by atoms with E-state index in [2.05, 4.69) is 9.83 Å². The number of hydrogen-bond acceptors (Lipinski definition) is 1. The fraction of sp³-hybridized carbons (Fsp3) is 0.250. The molecule has 62 valence electrons. The Labute approximate surface area is 68.7 Å². The Morgan fingerprint density at radius 3 is 2.33 bits per heavy atom. The van der Waals surface area contributed by atoms with Crippen LogP contribution in [0.3, 0.4) is 0 Å². The van der Waals surface area contributed by atoms with Crippen LogP contribution in [0.1, 0.15) is 18.5 Å². The predicted octanol–water partition coefficient (Wildman–Crippen LogP) is 2.34. The standard InChI is InChI=1S/C8H6F2N2/c1-5(11-2)8-6(9)3-12-4-7(8)10/h3-5H,1H3. The molecule has 0 aliphatic rings. The number of nitrogens with zero attached hydrogens (tertiary/aromatic N) is 2. The number of aromatic nitrogens is 1. The van der Waals surface area contributed by atoms with Crippen molar-refractivity contribution >= 4 is 0 Å². The number of halogens is 2. The van der Waals surface area contributed by atoms with Gasteiger partial charge in [-0.1, -0.05) is 0 Å². The van der Waals surface area contributed by atoms with E-state index in [4.69, 9.17) is 6.57 Å². The van der Waals surface area contributed by atoms with Crippen LogP contribution < -0.4 is 0 Å². The van der Waals surface area contributed by atoms with Crippen molar-refractivity contribution < 1.29 is 8.78 Å². The summed E-state index contributed by atoms with van der Waals surface area (Å²) >= 11 is 0. The van der Waals surface area contributed by atoms with Gasteiger partial charge in [0.05, 0.1) is 12.4 Å². The van der Waals surface area contributed by atoms with Crippen LogP contribution in [0.2, 0.25) is 0 Å². The van der Waals surface area contributed by atoms with Crippen LogP contribution in [-0.2, 0) is 0 Å². The van der Waals surface area contributed by atoms with Crippen LogP contribution in [0.25, 0.3) is 4.85 Å². The van der Waals surface area contributed by atoms with Crippen LogP contribution in [-0.4, -0.2) is 4.98 Å². The zero-order valence-corrected chi connectivity index (χ0v) is 6.38. The number of hydrogen-bond donors (Lipinski definition) is 0. The summed E-state index contributed by atoms with van der Waals surface area (Å²) in [7, 11) is 0. The molecule has 0 aliphatic heterocycles. The summed E-state index contributed by atoms with van der Waals surface area (Å²) < 4.78 is 25.7. The Kier molecular flexibility index (Phi) is 2.34. The van der Waals surface area contributed by atoms with Gasteiger partial charge in [-0.2, -0.15) is 0 Å². The van der Waals surface area contributed by atoms with Gasteiger partial charge in [-0.05, 0) is 0 Å². The third-order valence-corrected chi connectivity index (χ3v) is 1.50. The molecular weight excluding hydrogens is 162 g/mol. The predicted molar refractivity (Wildman–Crippen MR) is 39.2 cm³/mol. The quantitative estimate of drug-likeness (QED) is 0.588. The van der Waals surface area contributed by atoms with Gasteiger partial charge in [0.1, 0.15) is 5.56 Å². The van der Waals surface area contributed by atoms with Gasteiger partial charge in [-0.15, -0.1) is 0 Å². The maximum absolute atomic E-state index is 12.8. The molecule has 0 fully saturated rings. The van der Waals surface area contributed by atoms with Crippen molar-refractivity contribution in [2.24, 2.45) is 0 Å². The molecule has 0 N–H and O–H groups in total. The van der Waals surface area contributed by atoms with E-state index in [1.807, 2.05) is 0 Å².